The Balaban J connectivity index is 1.97. The molecule has 0 unspecified atom stereocenters. The number of sulfonamides is 1. The van der Waals surface area contributed by atoms with Crippen LogP contribution in [0.3, 0.4) is 0 Å². The summed E-state index contributed by atoms with van der Waals surface area (Å²) < 4.78 is 44.5. The van der Waals surface area contributed by atoms with Crippen molar-refractivity contribution < 1.29 is 27.2 Å². The normalized spacial score (nSPS) is 11.2. The highest BCUT2D eigenvalue weighted by Gasteiger charge is 2.24. The van der Waals surface area contributed by atoms with Crippen LogP contribution in [0.25, 0.3) is 11.1 Å². The Labute approximate surface area is 186 Å². The van der Waals surface area contributed by atoms with Crippen molar-refractivity contribution in [2.45, 2.75) is 31.7 Å². The van der Waals surface area contributed by atoms with Crippen LogP contribution in [-0.2, 0) is 27.8 Å². The zero-order chi connectivity index (χ0) is 23.3. The third kappa shape index (κ3) is 5.09. The molecule has 0 aliphatic heterocycles. The van der Waals surface area contributed by atoms with Gasteiger partial charge in [-0.25, -0.2) is 13.1 Å². The molecule has 0 spiro atoms. The Morgan fingerprint density at radius 1 is 1.09 bits per heavy atom. The average molecular weight is 460 g/mol. The fourth-order valence-electron chi connectivity index (χ4n) is 3.15. The summed E-state index contributed by atoms with van der Waals surface area (Å²) in [4.78, 5) is 11.5. The summed E-state index contributed by atoms with van der Waals surface area (Å²) in [7, 11) is -0.967. The second-order valence-corrected chi connectivity index (χ2v) is 8.64. The predicted octanol–water partition coefficient (Wildman–Crippen LogP) is 3.36. The molecule has 0 fully saturated rings. The van der Waals surface area contributed by atoms with E-state index >= 15 is 0 Å². The van der Waals surface area contributed by atoms with E-state index in [-0.39, 0.29) is 29.0 Å². The molecule has 3 aromatic rings. The first-order valence-corrected chi connectivity index (χ1v) is 11.3. The Morgan fingerprint density at radius 2 is 1.81 bits per heavy atom. The molecule has 3 rings (SSSR count). The first-order valence-electron chi connectivity index (χ1n) is 9.86. The van der Waals surface area contributed by atoms with Gasteiger partial charge in [-0.2, -0.15) is 0 Å². The molecule has 32 heavy (non-hydrogen) atoms. The lowest BCUT2D eigenvalue weighted by molar-refractivity contribution is -0.114. The molecule has 0 bridgehead atoms. The molecular weight excluding hydrogens is 434 g/mol. The Kier molecular flexibility index (Phi) is 7.16. The van der Waals surface area contributed by atoms with E-state index < -0.39 is 10.0 Å². The second-order valence-electron chi connectivity index (χ2n) is 6.91. The molecule has 0 atom stereocenters. The lowest BCUT2D eigenvalue weighted by atomic mass is 10.0. The molecule has 1 amide bonds. The van der Waals surface area contributed by atoms with Crippen molar-refractivity contribution in [1.29, 1.82) is 0 Å². The van der Waals surface area contributed by atoms with Crippen molar-refractivity contribution in [3.05, 3.63) is 53.7 Å². The molecular formula is C22H25N3O6S. The number of hydrogen-bond acceptors (Lipinski definition) is 7. The van der Waals surface area contributed by atoms with Crippen molar-refractivity contribution in [2.75, 3.05) is 19.5 Å². The zero-order valence-corrected chi connectivity index (χ0v) is 19.1. The van der Waals surface area contributed by atoms with Gasteiger partial charge in [0.1, 0.15) is 16.4 Å². The SMILES string of the molecule is CCc1noc(NC(C)=O)c1-c1ccc(OC)c(S(=O)(=O)NCc2ccc(OC)cc2)c1. The predicted molar refractivity (Wildman–Crippen MR) is 119 cm³/mol. The number of ether oxygens (including phenoxy) is 2. The summed E-state index contributed by atoms with van der Waals surface area (Å²) in [5.41, 5.74) is 2.41. The molecule has 10 heteroatoms. The lowest BCUT2D eigenvalue weighted by Crippen LogP contribution is -2.23. The van der Waals surface area contributed by atoms with Gasteiger partial charge >= 0.3 is 0 Å². The summed E-state index contributed by atoms with van der Waals surface area (Å²) in [6.07, 6.45) is 0.530. The molecule has 9 nitrogen and oxygen atoms in total. The number of carbonyl (C=O) groups excluding carboxylic acids is 1. The molecule has 0 saturated carbocycles. The van der Waals surface area contributed by atoms with E-state index in [0.29, 0.717) is 29.0 Å². The summed E-state index contributed by atoms with van der Waals surface area (Å²) in [6, 6.07) is 11.8. The minimum Gasteiger partial charge on any atom is -0.497 e. The van der Waals surface area contributed by atoms with Crippen molar-refractivity contribution in [1.82, 2.24) is 9.88 Å². The van der Waals surface area contributed by atoms with Gasteiger partial charge in [0, 0.05) is 13.5 Å². The number of carbonyl (C=O) groups is 1. The van der Waals surface area contributed by atoms with Gasteiger partial charge in [0.2, 0.25) is 21.8 Å². The Morgan fingerprint density at radius 3 is 2.41 bits per heavy atom. The number of benzene rings is 2. The lowest BCUT2D eigenvalue weighted by Gasteiger charge is -2.13. The van der Waals surface area contributed by atoms with Gasteiger partial charge in [-0.3, -0.25) is 10.1 Å². The minimum atomic E-state index is -3.93. The molecule has 0 saturated heterocycles. The van der Waals surface area contributed by atoms with Gasteiger partial charge in [0.15, 0.2) is 0 Å². The maximum atomic E-state index is 13.1. The number of anilines is 1. The molecule has 0 radical (unpaired) electrons. The monoisotopic (exact) mass is 459 g/mol. The fraction of sp³-hybridized carbons (Fsp3) is 0.273. The zero-order valence-electron chi connectivity index (χ0n) is 18.3. The number of hydrogen-bond donors (Lipinski definition) is 2. The van der Waals surface area contributed by atoms with Crippen molar-refractivity contribution >= 4 is 21.8 Å². The maximum Gasteiger partial charge on any atom is 0.244 e. The van der Waals surface area contributed by atoms with E-state index in [1.54, 1.807) is 43.5 Å². The van der Waals surface area contributed by atoms with E-state index in [9.17, 15) is 13.2 Å². The number of rotatable bonds is 9. The minimum absolute atomic E-state index is 0.0389. The van der Waals surface area contributed by atoms with Gasteiger partial charge in [-0.15, -0.1) is 0 Å². The van der Waals surface area contributed by atoms with Crippen LogP contribution < -0.4 is 19.5 Å². The highest BCUT2D eigenvalue weighted by atomic mass is 32.2. The van der Waals surface area contributed by atoms with Crippen LogP contribution in [0.15, 0.2) is 51.9 Å². The summed E-state index contributed by atoms with van der Waals surface area (Å²) in [5.74, 6) is 0.703. The quantitative estimate of drug-likeness (QED) is 0.503. The van der Waals surface area contributed by atoms with Gasteiger partial charge in [-0.1, -0.05) is 30.3 Å². The van der Waals surface area contributed by atoms with Gasteiger partial charge in [0.05, 0.1) is 25.5 Å². The number of amides is 1. The van der Waals surface area contributed by atoms with Crippen molar-refractivity contribution in [3.63, 3.8) is 0 Å². The summed E-state index contributed by atoms with van der Waals surface area (Å²) in [6.45, 7) is 3.33. The number of methoxy groups -OCH3 is 2. The van der Waals surface area contributed by atoms with Crippen LogP contribution in [0, 0.1) is 0 Å². The van der Waals surface area contributed by atoms with Crippen LogP contribution in [0.5, 0.6) is 11.5 Å². The molecule has 170 valence electrons. The van der Waals surface area contributed by atoms with Gasteiger partial charge in [0.25, 0.3) is 0 Å². The Hall–Kier alpha value is -3.37. The third-order valence-electron chi connectivity index (χ3n) is 4.75. The first-order chi connectivity index (χ1) is 15.3. The largest absolute Gasteiger partial charge is 0.497 e. The van der Waals surface area contributed by atoms with E-state index in [1.165, 1.54) is 20.1 Å². The number of aryl methyl sites for hydroxylation is 1. The van der Waals surface area contributed by atoms with Gasteiger partial charge in [-0.05, 0) is 41.8 Å². The molecule has 2 aromatic carbocycles. The Bertz CT molecular complexity index is 1200. The van der Waals surface area contributed by atoms with Gasteiger partial charge < -0.3 is 14.0 Å². The highest BCUT2D eigenvalue weighted by Crippen LogP contribution is 2.36. The van der Waals surface area contributed by atoms with Crippen LogP contribution in [0.4, 0.5) is 5.88 Å². The van der Waals surface area contributed by atoms with Crippen LogP contribution >= 0.6 is 0 Å². The van der Waals surface area contributed by atoms with E-state index in [1.807, 2.05) is 6.92 Å². The van der Waals surface area contributed by atoms with Crippen molar-refractivity contribution in [2.24, 2.45) is 0 Å². The summed E-state index contributed by atoms with van der Waals surface area (Å²) in [5, 5.41) is 6.59. The van der Waals surface area contributed by atoms with Crippen LogP contribution in [0.1, 0.15) is 25.1 Å². The topological polar surface area (TPSA) is 120 Å². The molecule has 1 aromatic heterocycles. The fourth-order valence-corrected chi connectivity index (χ4v) is 4.36. The average Bonchev–Trinajstić information content (AvgIpc) is 3.19. The standard InChI is InChI=1S/C22H25N3O6S/c1-5-18-21(22(31-25-18)24-14(2)26)16-8-11-19(30-4)20(12-16)32(27,28)23-13-15-6-9-17(29-3)10-7-15/h6-12,23H,5,13H2,1-4H3,(H,24,26). The van der Waals surface area contributed by atoms with Crippen molar-refractivity contribution in [3.8, 4) is 22.6 Å². The summed E-state index contributed by atoms with van der Waals surface area (Å²) >= 11 is 0. The second kappa shape index (κ2) is 9.84. The number of nitrogens with one attached hydrogen (secondary N) is 2. The maximum absolute atomic E-state index is 13.1. The number of aromatic nitrogens is 1. The van der Waals surface area contributed by atoms with E-state index in [2.05, 4.69) is 15.2 Å². The number of nitrogens with zero attached hydrogens (tertiary/aromatic N) is 1. The van der Waals surface area contributed by atoms with E-state index in [4.69, 9.17) is 14.0 Å². The molecule has 0 aliphatic carbocycles. The molecule has 2 N–H and O–H groups in total. The molecule has 1 heterocycles. The van der Waals surface area contributed by atoms with E-state index in [0.717, 1.165) is 5.56 Å². The van der Waals surface area contributed by atoms with Crippen LogP contribution in [-0.4, -0.2) is 33.7 Å². The first kappa shape index (κ1) is 23.3. The van der Waals surface area contributed by atoms with Crippen LogP contribution in [0.2, 0.25) is 0 Å². The highest BCUT2D eigenvalue weighted by molar-refractivity contribution is 7.89. The smallest absolute Gasteiger partial charge is 0.244 e. The molecule has 0 aliphatic rings. The third-order valence-corrected chi connectivity index (χ3v) is 6.18.